The van der Waals surface area contributed by atoms with Crippen LogP contribution in [-0.4, -0.2) is 37.6 Å². The van der Waals surface area contributed by atoms with Crippen molar-refractivity contribution in [1.82, 2.24) is 10.2 Å². The molecule has 1 saturated heterocycles. The smallest absolute Gasteiger partial charge is 0.223 e. The molecule has 4 nitrogen and oxygen atoms in total. The highest BCUT2D eigenvalue weighted by Gasteiger charge is 2.39. The average Bonchev–Trinajstić information content (AvgIpc) is 3.33. The number of carbonyl (C=O) groups excluding carboxylic acids is 1. The molecule has 3 rings (SSSR count). The number of piperidine rings is 1. The summed E-state index contributed by atoms with van der Waals surface area (Å²) in [6.07, 6.45) is 4.86. The molecule has 1 aliphatic carbocycles. The Hall–Kier alpha value is -1.55. The number of nitrogens with zero attached hydrogens (tertiary/aromatic N) is 1. The molecule has 1 N–H and O–H groups in total. The van der Waals surface area contributed by atoms with Crippen LogP contribution in [0.4, 0.5) is 0 Å². The average molecular weight is 316 g/mol. The maximum Gasteiger partial charge on any atom is 0.223 e. The Balaban J connectivity index is 1.68. The second kappa shape index (κ2) is 7.35. The van der Waals surface area contributed by atoms with Crippen LogP contribution in [0.15, 0.2) is 24.3 Å². The van der Waals surface area contributed by atoms with Crippen molar-refractivity contribution in [2.45, 2.75) is 38.6 Å². The molecular formula is C19H28N2O2. The van der Waals surface area contributed by atoms with Gasteiger partial charge in [0, 0.05) is 12.5 Å². The van der Waals surface area contributed by atoms with E-state index in [-0.39, 0.29) is 17.9 Å². The van der Waals surface area contributed by atoms with Crippen LogP contribution in [0.5, 0.6) is 5.75 Å². The predicted molar refractivity (Wildman–Crippen MR) is 91.4 cm³/mol. The van der Waals surface area contributed by atoms with Gasteiger partial charge in [-0.25, -0.2) is 0 Å². The number of hydrogen-bond donors (Lipinski definition) is 1. The molecule has 0 aromatic heterocycles. The summed E-state index contributed by atoms with van der Waals surface area (Å²) < 4.78 is 5.26. The minimum atomic E-state index is 0.230. The highest BCUT2D eigenvalue weighted by molar-refractivity contribution is 5.81. The second-order valence-corrected chi connectivity index (χ2v) is 6.95. The van der Waals surface area contributed by atoms with Crippen molar-refractivity contribution in [1.29, 1.82) is 0 Å². The van der Waals surface area contributed by atoms with Crippen LogP contribution in [0.3, 0.4) is 0 Å². The number of rotatable bonds is 6. The summed E-state index contributed by atoms with van der Waals surface area (Å²) >= 11 is 0. The van der Waals surface area contributed by atoms with Crippen LogP contribution in [0.25, 0.3) is 0 Å². The molecule has 1 aromatic rings. The molecule has 0 spiro atoms. The van der Waals surface area contributed by atoms with Crippen molar-refractivity contribution in [3.8, 4) is 5.75 Å². The monoisotopic (exact) mass is 316 g/mol. The predicted octanol–water partition coefficient (Wildman–Crippen LogP) is 2.99. The molecule has 1 saturated carbocycles. The third-order valence-electron chi connectivity index (χ3n) is 5.25. The van der Waals surface area contributed by atoms with Gasteiger partial charge in [0.25, 0.3) is 0 Å². The Morgan fingerprint density at radius 3 is 2.48 bits per heavy atom. The van der Waals surface area contributed by atoms with Gasteiger partial charge < -0.3 is 10.1 Å². The summed E-state index contributed by atoms with van der Waals surface area (Å²) in [4.78, 5) is 14.7. The number of nitrogens with one attached hydrogen (secondary N) is 1. The van der Waals surface area contributed by atoms with Gasteiger partial charge in [0.2, 0.25) is 5.91 Å². The van der Waals surface area contributed by atoms with Crippen molar-refractivity contribution >= 4 is 5.91 Å². The molecule has 3 atom stereocenters. The van der Waals surface area contributed by atoms with Gasteiger partial charge in [-0.15, -0.1) is 0 Å². The highest BCUT2D eigenvalue weighted by Crippen LogP contribution is 2.37. The summed E-state index contributed by atoms with van der Waals surface area (Å²) in [6, 6.07) is 8.54. The first-order valence-corrected chi connectivity index (χ1v) is 8.84. The van der Waals surface area contributed by atoms with Crippen molar-refractivity contribution in [2.24, 2.45) is 11.8 Å². The molecular weight excluding hydrogens is 288 g/mol. The minimum Gasteiger partial charge on any atom is -0.497 e. The van der Waals surface area contributed by atoms with E-state index in [0.29, 0.717) is 12.5 Å². The van der Waals surface area contributed by atoms with Gasteiger partial charge >= 0.3 is 0 Å². The van der Waals surface area contributed by atoms with Gasteiger partial charge in [0.15, 0.2) is 0 Å². The van der Waals surface area contributed by atoms with Crippen LogP contribution in [-0.2, 0) is 4.79 Å². The zero-order valence-electron chi connectivity index (χ0n) is 14.3. The zero-order chi connectivity index (χ0) is 16.2. The van der Waals surface area contributed by atoms with E-state index in [4.69, 9.17) is 4.74 Å². The van der Waals surface area contributed by atoms with Gasteiger partial charge in [0.05, 0.1) is 13.2 Å². The number of benzene rings is 1. The fourth-order valence-electron chi connectivity index (χ4n) is 3.53. The first-order chi connectivity index (χ1) is 11.2. The summed E-state index contributed by atoms with van der Waals surface area (Å²) in [5.74, 6) is 1.91. The molecule has 0 bridgehead atoms. The molecule has 2 fully saturated rings. The number of hydrogen-bond acceptors (Lipinski definition) is 3. The van der Waals surface area contributed by atoms with Crippen molar-refractivity contribution in [3.05, 3.63) is 29.8 Å². The SMILES string of the molecule is COc1ccc([C@H](CNC(=O)[C@@H]2C[C@H]2C)N2CCCCC2)cc1. The van der Waals surface area contributed by atoms with E-state index >= 15 is 0 Å². The third-order valence-corrected chi connectivity index (χ3v) is 5.25. The van der Waals surface area contributed by atoms with Gasteiger partial charge in [-0.05, 0) is 56.0 Å². The Bertz CT molecular complexity index is 523. The van der Waals surface area contributed by atoms with E-state index in [9.17, 15) is 4.79 Å². The van der Waals surface area contributed by atoms with Gasteiger partial charge in [-0.1, -0.05) is 25.5 Å². The maximum absolute atomic E-state index is 12.2. The molecule has 1 heterocycles. The third kappa shape index (κ3) is 4.05. The topological polar surface area (TPSA) is 41.6 Å². The minimum absolute atomic E-state index is 0.230. The van der Waals surface area contributed by atoms with Crippen molar-refractivity contribution in [3.63, 3.8) is 0 Å². The zero-order valence-corrected chi connectivity index (χ0v) is 14.3. The van der Waals surface area contributed by atoms with Crippen LogP contribution < -0.4 is 10.1 Å². The van der Waals surface area contributed by atoms with Crippen LogP contribution in [0.2, 0.25) is 0 Å². The van der Waals surface area contributed by atoms with Crippen LogP contribution >= 0.6 is 0 Å². The quantitative estimate of drug-likeness (QED) is 0.877. The Morgan fingerprint density at radius 1 is 1.26 bits per heavy atom. The second-order valence-electron chi connectivity index (χ2n) is 6.95. The molecule has 0 unspecified atom stereocenters. The normalized spacial score (nSPS) is 25.7. The van der Waals surface area contributed by atoms with Gasteiger partial charge in [-0.3, -0.25) is 9.69 Å². The number of ether oxygens (including phenoxy) is 1. The van der Waals surface area contributed by atoms with Gasteiger partial charge in [-0.2, -0.15) is 0 Å². The van der Waals surface area contributed by atoms with E-state index in [0.717, 1.165) is 25.3 Å². The largest absolute Gasteiger partial charge is 0.497 e. The number of likely N-dealkylation sites (tertiary alicyclic amines) is 1. The molecule has 1 aliphatic heterocycles. The standard InChI is InChI=1S/C19H28N2O2/c1-14-12-17(14)19(22)20-13-18(21-10-4-3-5-11-21)15-6-8-16(23-2)9-7-15/h6-9,14,17-18H,3-5,10-13H2,1-2H3,(H,20,22)/t14-,17-,18+/m1/s1. The fraction of sp³-hybridized carbons (Fsp3) is 0.632. The van der Waals surface area contributed by atoms with Crippen LogP contribution in [0, 0.1) is 11.8 Å². The lowest BCUT2D eigenvalue weighted by Crippen LogP contribution is -2.41. The summed E-state index contributed by atoms with van der Waals surface area (Å²) in [5, 5.41) is 3.19. The van der Waals surface area contributed by atoms with E-state index in [2.05, 4.69) is 29.3 Å². The maximum atomic E-state index is 12.2. The first kappa shape index (κ1) is 16.3. The summed E-state index contributed by atoms with van der Waals surface area (Å²) in [7, 11) is 1.69. The van der Waals surface area contributed by atoms with E-state index in [1.807, 2.05) is 12.1 Å². The first-order valence-electron chi connectivity index (χ1n) is 8.84. The fourth-order valence-corrected chi connectivity index (χ4v) is 3.53. The lowest BCUT2D eigenvalue weighted by Gasteiger charge is -2.35. The Kier molecular flexibility index (Phi) is 5.21. The molecule has 2 aliphatic rings. The highest BCUT2D eigenvalue weighted by atomic mass is 16.5. The molecule has 126 valence electrons. The van der Waals surface area contributed by atoms with Crippen LogP contribution in [0.1, 0.15) is 44.2 Å². The molecule has 1 amide bonds. The van der Waals surface area contributed by atoms with Crippen molar-refractivity contribution in [2.75, 3.05) is 26.7 Å². The lowest BCUT2D eigenvalue weighted by molar-refractivity contribution is -0.122. The molecule has 1 aromatic carbocycles. The van der Waals surface area contributed by atoms with Gasteiger partial charge in [0.1, 0.15) is 5.75 Å². The number of amides is 1. The lowest BCUT2D eigenvalue weighted by atomic mass is 10.0. The number of carbonyl (C=O) groups is 1. The summed E-state index contributed by atoms with van der Waals surface area (Å²) in [6.45, 7) is 5.09. The Labute approximate surface area is 139 Å². The molecule has 23 heavy (non-hydrogen) atoms. The van der Waals surface area contributed by atoms with Crippen molar-refractivity contribution < 1.29 is 9.53 Å². The number of methoxy groups -OCH3 is 1. The molecule has 0 radical (unpaired) electrons. The Morgan fingerprint density at radius 2 is 1.91 bits per heavy atom. The molecule has 4 heteroatoms. The van der Waals surface area contributed by atoms with E-state index in [1.165, 1.54) is 24.8 Å². The van der Waals surface area contributed by atoms with E-state index in [1.54, 1.807) is 7.11 Å². The summed E-state index contributed by atoms with van der Waals surface area (Å²) in [5.41, 5.74) is 1.26. The van der Waals surface area contributed by atoms with E-state index < -0.39 is 0 Å².